The van der Waals surface area contributed by atoms with E-state index in [2.05, 4.69) is 21.2 Å². The van der Waals surface area contributed by atoms with Crippen LogP contribution >= 0.6 is 27.5 Å². The van der Waals surface area contributed by atoms with Crippen molar-refractivity contribution >= 4 is 39.3 Å². The first-order valence-electron chi connectivity index (χ1n) is 8.99. The predicted octanol–water partition coefficient (Wildman–Crippen LogP) is 4.42. The fraction of sp³-hybridized carbons (Fsp3) is 0.333. The topological polar surface area (TPSA) is 58.6 Å². The van der Waals surface area contributed by atoms with Crippen molar-refractivity contribution in [2.45, 2.75) is 39.4 Å². The molecule has 0 bridgehead atoms. The molecule has 150 valence electrons. The van der Waals surface area contributed by atoms with Crippen LogP contribution in [0.3, 0.4) is 0 Å². The number of rotatable bonds is 8. The van der Waals surface area contributed by atoms with Gasteiger partial charge in [0.25, 0.3) is 5.91 Å². The minimum atomic E-state index is -0.642. The van der Waals surface area contributed by atoms with Gasteiger partial charge in [0.1, 0.15) is 11.8 Å². The first kappa shape index (κ1) is 22.2. The number of ether oxygens (including phenoxy) is 1. The number of hydrogen-bond donors (Lipinski definition) is 1. The Morgan fingerprint density at radius 2 is 1.86 bits per heavy atom. The summed E-state index contributed by atoms with van der Waals surface area (Å²) in [6, 6.07) is 13.8. The number of nitrogens with one attached hydrogen (secondary N) is 1. The summed E-state index contributed by atoms with van der Waals surface area (Å²) in [5.74, 6) is 0.00926. The van der Waals surface area contributed by atoms with Gasteiger partial charge in [0.05, 0.1) is 0 Å². The fourth-order valence-electron chi connectivity index (χ4n) is 2.60. The van der Waals surface area contributed by atoms with Gasteiger partial charge in [-0.3, -0.25) is 9.59 Å². The van der Waals surface area contributed by atoms with Crippen LogP contribution in [-0.2, 0) is 16.1 Å². The van der Waals surface area contributed by atoms with E-state index in [4.69, 9.17) is 16.3 Å². The van der Waals surface area contributed by atoms with Gasteiger partial charge in [-0.15, -0.1) is 0 Å². The van der Waals surface area contributed by atoms with Crippen LogP contribution in [0.1, 0.15) is 26.3 Å². The van der Waals surface area contributed by atoms with E-state index in [1.807, 2.05) is 38.1 Å². The van der Waals surface area contributed by atoms with Crippen molar-refractivity contribution in [1.82, 2.24) is 10.2 Å². The molecular weight excluding hydrogens is 444 g/mol. The summed E-state index contributed by atoms with van der Waals surface area (Å²) in [4.78, 5) is 26.9. The van der Waals surface area contributed by atoms with Crippen molar-refractivity contribution in [2.75, 3.05) is 6.61 Å². The van der Waals surface area contributed by atoms with E-state index in [0.29, 0.717) is 17.3 Å². The number of nitrogens with zero attached hydrogens (tertiary/aromatic N) is 1. The fourth-order valence-corrected chi connectivity index (χ4v) is 3.23. The summed E-state index contributed by atoms with van der Waals surface area (Å²) in [7, 11) is 0. The summed E-state index contributed by atoms with van der Waals surface area (Å²) in [6.07, 6.45) is 0. The van der Waals surface area contributed by atoms with Gasteiger partial charge < -0.3 is 15.0 Å². The van der Waals surface area contributed by atoms with Gasteiger partial charge in [-0.1, -0.05) is 45.7 Å². The van der Waals surface area contributed by atoms with Crippen molar-refractivity contribution in [3.63, 3.8) is 0 Å². The van der Waals surface area contributed by atoms with E-state index in [9.17, 15) is 9.59 Å². The summed E-state index contributed by atoms with van der Waals surface area (Å²) in [5.41, 5.74) is 0.912. The predicted molar refractivity (Wildman–Crippen MR) is 114 cm³/mol. The second-order valence-corrected chi connectivity index (χ2v) is 8.09. The Bertz CT molecular complexity index is 829. The highest BCUT2D eigenvalue weighted by molar-refractivity contribution is 9.10. The zero-order chi connectivity index (χ0) is 20.7. The van der Waals surface area contributed by atoms with Crippen LogP contribution in [-0.4, -0.2) is 35.4 Å². The molecule has 0 radical (unpaired) electrons. The first-order valence-corrected chi connectivity index (χ1v) is 10.2. The number of hydrogen-bond acceptors (Lipinski definition) is 3. The first-order chi connectivity index (χ1) is 13.3. The molecule has 2 aromatic carbocycles. The van der Waals surface area contributed by atoms with Gasteiger partial charge in [0, 0.05) is 22.1 Å². The largest absolute Gasteiger partial charge is 0.484 e. The normalized spacial score (nSPS) is 11.8. The lowest BCUT2D eigenvalue weighted by Crippen LogP contribution is -2.50. The quantitative estimate of drug-likeness (QED) is 0.625. The zero-order valence-electron chi connectivity index (χ0n) is 16.1. The molecule has 0 aromatic heterocycles. The molecule has 0 saturated heterocycles. The maximum Gasteiger partial charge on any atom is 0.261 e. The number of amides is 2. The van der Waals surface area contributed by atoms with E-state index in [-0.39, 0.29) is 24.5 Å². The molecule has 28 heavy (non-hydrogen) atoms. The summed E-state index contributed by atoms with van der Waals surface area (Å²) >= 11 is 9.39. The molecule has 5 nitrogen and oxygen atoms in total. The van der Waals surface area contributed by atoms with Gasteiger partial charge in [-0.2, -0.15) is 0 Å². The lowest BCUT2D eigenvalue weighted by molar-refractivity contribution is -0.142. The van der Waals surface area contributed by atoms with Gasteiger partial charge >= 0.3 is 0 Å². The molecule has 0 aliphatic rings. The molecule has 1 N–H and O–H groups in total. The van der Waals surface area contributed by atoms with Gasteiger partial charge in [0.2, 0.25) is 5.91 Å². The van der Waals surface area contributed by atoms with E-state index in [1.165, 1.54) is 4.90 Å². The lowest BCUT2D eigenvalue weighted by Gasteiger charge is -2.29. The van der Waals surface area contributed by atoms with Gasteiger partial charge in [-0.25, -0.2) is 0 Å². The third-order valence-electron chi connectivity index (χ3n) is 4.00. The van der Waals surface area contributed by atoms with Crippen molar-refractivity contribution < 1.29 is 14.3 Å². The molecule has 0 saturated carbocycles. The smallest absolute Gasteiger partial charge is 0.261 e. The molecule has 0 heterocycles. The summed E-state index contributed by atoms with van der Waals surface area (Å²) in [5, 5.41) is 3.38. The van der Waals surface area contributed by atoms with Crippen molar-refractivity contribution in [2.24, 2.45) is 0 Å². The standard InChI is InChI=1S/C21H24BrClN2O3/c1-14(2)24-21(27)15(3)25(12-16-6-4-7-17(22)10-16)20(26)13-28-19-9-5-8-18(23)11-19/h4-11,14-15H,12-13H2,1-3H3,(H,24,27). The van der Waals surface area contributed by atoms with Crippen LogP contribution in [0.15, 0.2) is 53.0 Å². The molecule has 7 heteroatoms. The van der Waals surface area contributed by atoms with Crippen LogP contribution in [0, 0.1) is 0 Å². The minimum Gasteiger partial charge on any atom is -0.484 e. The highest BCUT2D eigenvalue weighted by Gasteiger charge is 2.27. The SMILES string of the molecule is CC(C)NC(=O)C(C)N(Cc1cccc(Br)c1)C(=O)COc1cccc(Cl)c1. The number of carbonyl (C=O) groups excluding carboxylic acids is 2. The molecule has 2 rings (SSSR count). The van der Waals surface area contributed by atoms with E-state index >= 15 is 0 Å². The molecule has 0 spiro atoms. The second-order valence-electron chi connectivity index (χ2n) is 6.74. The third kappa shape index (κ3) is 6.84. The van der Waals surface area contributed by atoms with Crippen molar-refractivity contribution in [3.05, 3.63) is 63.6 Å². The maximum atomic E-state index is 12.9. The average molecular weight is 468 g/mol. The Morgan fingerprint density at radius 1 is 1.14 bits per heavy atom. The Hall–Kier alpha value is -2.05. The highest BCUT2D eigenvalue weighted by atomic mass is 79.9. The van der Waals surface area contributed by atoms with E-state index in [1.54, 1.807) is 31.2 Å². The van der Waals surface area contributed by atoms with Crippen LogP contribution in [0.25, 0.3) is 0 Å². The summed E-state index contributed by atoms with van der Waals surface area (Å²) < 4.78 is 6.49. The second kappa shape index (κ2) is 10.5. The Kier molecular flexibility index (Phi) is 8.33. The maximum absolute atomic E-state index is 12.9. The molecule has 1 unspecified atom stereocenters. The van der Waals surface area contributed by atoms with Gasteiger partial charge in [0.15, 0.2) is 6.61 Å². The molecular formula is C21H24BrClN2O3. The highest BCUT2D eigenvalue weighted by Crippen LogP contribution is 2.18. The van der Waals surface area contributed by atoms with E-state index in [0.717, 1.165) is 10.0 Å². The van der Waals surface area contributed by atoms with Crippen molar-refractivity contribution in [1.29, 1.82) is 0 Å². The monoisotopic (exact) mass is 466 g/mol. The third-order valence-corrected chi connectivity index (χ3v) is 4.73. The van der Waals surface area contributed by atoms with Crippen molar-refractivity contribution in [3.8, 4) is 5.75 Å². The Balaban J connectivity index is 2.15. The molecule has 0 fully saturated rings. The van der Waals surface area contributed by atoms with Crippen LogP contribution in [0.2, 0.25) is 5.02 Å². The average Bonchev–Trinajstić information content (AvgIpc) is 2.63. The molecule has 2 amide bonds. The lowest BCUT2D eigenvalue weighted by atomic mass is 10.1. The summed E-state index contributed by atoms with van der Waals surface area (Å²) in [6.45, 7) is 5.59. The number of halogens is 2. The number of benzene rings is 2. The zero-order valence-corrected chi connectivity index (χ0v) is 18.5. The minimum absolute atomic E-state index is 0.0134. The van der Waals surface area contributed by atoms with E-state index < -0.39 is 6.04 Å². The Morgan fingerprint density at radius 3 is 2.50 bits per heavy atom. The van der Waals surface area contributed by atoms with Gasteiger partial charge in [-0.05, 0) is 56.7 Å². The van der Waals surface area contributed by atoms with Crippen LogP contribution in [0.5, 0.6) is 5.75 Å². The molecule has 1 atom stereocenters. The molecule has 0 aliphatic heterocycles. The molecule has 2 aromatic rings. The Labute approximate surface area is 179 Å². The van der Waals surface area contributed by atoms with Crippen LogP contribution in [0.4, 0.5) is 0 Å². The van der Waals surface area contributed by atoms with Crippen LogP contribution < -0.4 is 10.1 Å². The number of carbonyl (C=O) groups is 2. The molecule has 0 aliphatic carbocycles.